The van der Waals surface area contributed by atoms with Crippen molar-refractivity contribution < 1.29 is 4.74 Å². The molecular formula is C14H22N6O. The Morgan fingerprint density at radius 2 is 2.05 bits per heavy atom. The highest BCUT2D eigenvalue weighted by Gasteiger charge is 2.14. The minimum absolute atomic E-state index is 0.0297. The van der Waals surface area contributed by atoms with Gasteiger partial charge in [0.25, 0.3) is 0 Å². The van der Waals surface area contributed by atoms with Crippen molar-refractivity contribution in [1.29, 1.82) is 0 Å². The van der Waals surface area contributed by atoms with E-state index in [1.807, 2.05) is 6.92 Å². The molecule has 1 unspecified atom stereocenters. The average Bonchev–Trinajstić information content (AvgIpc) is 2.99. The average molecular weight is 290 g/mol. The first kappa shape index (κ1) is 15.2. The number of hydrogen-bond acceptors (Lipinski definition) is 6. The fourth-order valence-corrected chi connectivity index (χ4v) is 1.51. The molecule has 0 spiro atoms. The molecule has 1 N–H and O–H groups in total. The summed E-state index contributed by atoms with van der Waals surface area (Å²) >= 11 is 0. The molecule has 7 heteroatoms. The second kappa shape index (κ2) is 7.01. The molecule has 0 aliphatic rings. The van der Waals surface area contributed by atoms with Gasteiger partial charge in [-0.3, -0.25) is 4.57 Å². The molecule has 0 saturated carbocycles. The summed E-state index contributed by atoms with van der Waals surface area (Å²) in [7, 11) is 0. The van der Waals surface area contributed by atoms with Crippen molar-refractivity contribution in [3.05, 3.63) is 18.7 Å². The molecule has 114 valence electrons. The molecule has 2 aromatic heterocycles. The zero-order valence-corrected chi connectivity index (χ0v) is 12.9. The molecule has 2 aromatic rings. The van der Waals surface area contributed by atoms with Gasteiger partial charge in [-0.2, -0.15) is 15.0 Å². The lowest BCUT2D eigenvalue weighted by Gasteiger charge is -2.17. The van der Waals surface area contributed by atoms with Crippen LogP contribution in [0.2, 0.25) is 0 Å². The van der Waals surface area contributed by atoms with Crippen molar-refractivity contribution in [1.82, 2.24) is 24.5 Å². The number of anilines is 1. The van der Waals surface area contributed by atoms with Crippen LogP contribution in [0, 0.1) is 5.92 Å². The molecule has 2 heterocycles. The monoisotopic (exact) mass is 290 g/mol. The Labute approximate surface area is 124 Å². The molecule has 0 aromatic carbocycles. The number of imidazole rings is 1. The van der Waals surface area contributed by atoms with Gasteiger partial charge in [-0.25, -0.2) is 4.98 Å². The van der Waals surface area contributed by atoms with E-state index in [1.54, 1.807) is 23.3 Å². The second-order valence-electron chi connectivity index (χ2n) is 5.21. The van der Waals surface area contributed by atoms with Crippen molar-refractivity contribution in [3.8, 4) is 12.0 Å². The van der Waals surface area contributed by atoms with Crippen LogP contribution in [0.1, 0.15) is 34.1 Å². The van der Waals surface area contributed by atoms with E-state index in [4.69, 9.17) is 4.74 Å². The molecule has 0 radical (unpaired) electrons. The van der Waals surface area contributed by atoms with Gasteiger partial charge in [0.15, 0.2) is 0 Å². The van der Waals surface area contributed by atoms with Gasteiger partial charge in [0, 0.05) is 18.9 Å². The molecule has 1 atom stereocenters. The molecular weight excluding hydrogens is 268 g/mol. The molecule has 21 heavy (non-hydrogen) atoms. The van der Waals surface area contributed by atoms with E-state index in [9.17, 15) is 0 Å². The van der Waals surface area contributed by atoms with Crippen LogP contribution in [0.25, 0.3) is 5.95 Å². The summed E-state index contributed by atoms with van der Waals surface area (Å²) in [6, 6.07) is 0.327. The number of ether oxygens (including phenoxy) is 1. The maximum Gasteiger partial charge on any atom is 0.323 e. The number of nitrogens with zero attached hydrogens (tertiary/aromatic N) is 5. The van der Waals surface area contributed by atoms with E-state index in [2.05, 4.69) is 46.0 Å². The Kier molecular flexibility index (Phi) is 5.08. The predicted octanol–water partition coefficient (Wildman–Crippen LogP) is 2.30. The summed E-state index contributed by atoms with van der Waals surface area (Å²) < 4.78 is 7.53. The topological polar surface area (TPSA) is 77.8 Å². The minimum atomic E-state index is 0.0297. The summed E-state index contributed by atoms with van der Waals surface area (Å²) in [5.41, 5.74) is 0. The first-order valence-electron chi connectivity index (χ1n) is 7.25. The quantitative estimate of drug-likeness (QED) is 0.843. The molecule has 0 fully saturated rings. The van der Waals surface area contributed by atoms with Crippen molar-refractivity contribution in [2.24, 2.45) is 5.92 Å². The predicted molar refractivity (Wildman–Crippen MR) is 80.7 cm³/mol. The fraction of sp³-hybridized carbons (Fsp3) is 0.571. The maximum atomic E-state index is 5.80. The Morgan fingerprint density at radius 1 is 1.24 bits per heavy atom. The SMILES string of the molecule is CCCNc1nc(OC(C)C(C)C)nc(-n2ccnc2)n1. The largest absolute Gasteiger partial charge is 0.460 e. The van der Waals surface area contributed by atoms with E-state index in [0.717, 1.165) is 13.0 Å². The molecule has 0 saturated heterocycles. The number of nitrogens with one attached hydrogen (secondary N) is 1. The molecule has 7 nitrogen and oxygen atoms in total. The van der Waals surface area contributed by atoms with E-state index in [1.165, 1.54) is 0 Å². The van der Waals surface area contributed by atoms with Gasteiger partial charge < -0.3 is 10.1 Å². The van der Waals surface area contributed by atoms with Gasteiger partial charge in [-0.1, -0.05) is 20.8 Å². The van der Waals surface area contributed by atoms with Crippen LogP contribution in [0.15, 0.2) is 18.7 Å². The van der Waals surface area contributed by atoms with Crippen molar-refractivity contribution >= 4 is 5.95 Å². The summed E-state index contributed by atoms with van der Waals surface area (Å²) in [4.78, 5) is 17.0. The van der Waals surface area contributed by atoms with Gasteiger partial charge >= 0.3 is 6.01 Å². The molecule has 0 aliphatic heterocycles. The maximum absolute atomic E-state index is 5.80. The van der Waals surface area contributed by atoms with Crippen LogP contribution in [0.3, 0.4) is 0 Å². The van der Waals surface area contributed by atoms with Crippen LogP contribution in [-0.2, 0) is 0 Å². The highest BCUT2D eigenvalue weighted by atomic mass is 16.5. The molecule has 0 amide bonds. The lowest BCUT2D eigenvalue weighted by Crippen LogP contribution is -2.21. The highest BCUT2D eigenvalue weighted by molar-refractivity contribution is 5.30. The third kappa shape index (κ3) is 4.14. The number of hydrogen-bond donors (Lipinski definition) is 1. The van der Waals surface area contributed by atoms with Gasteiger partial charge in [-0.15, -0.1) is 0 Å². The minimum Gasteiger partial charge on any atom is -0.460 e. The lowest BCUT2D eigenvalue weighted by molar-refractivity contribution is 0.155. The standard InChI is InChI=1S/C14H22N6O/c1-5-6-16-12-17-13(20-8-7-15-9-20)19-14(18-12)21-11(4)10(2)3/h7-11H,5-6H2,1-4H3,(H,16,17,18,19). The van der Waals surface area contributed by atoms with Crippen molar-refractivity contribution in [2.75, 3.05) is 11.9 Å². The van der Waals surface area contributed by atoms with E-state index < -0.39 is 0 Å². The second-order valence-corrected chi connectivity index (χ2v) is 5.21. The van der Waals surface area contributed by atoms with E-state index in [-0.39, 0.29) is 6.10 Å². The van der Waals surface area contributed by atoms with Gasteiger partial charge in [0.05, 0.1) is 0 Å². The van der Waals surface area contributed by atoms with Crippen LogP contribution < -0.4 is 10.1 Å². The first-order valence-corrected chi connectivity index (χ1v) is 7.25. The Bertz CT molecular complexity index is 555. The van der Waals surface area contributed by atoms with Crippen LogP contribution in [-0.4, -0.2) is 37.2 Å². The molecule has 2 rings (SSSR count). The molecule has 0 bridgehead atoms. The third-order valence-corrected chi connectivity index (χ3v) is 3.10. The van der Waals surface area contributed by atoms with Crippen molar-refractivity contribution in [2.45, 2.75) is 40.2 Å². The van der Waals surface area contributed by atoms with E-state index >= 15 is 0 Å². The summed E-state index contributed by atoms with van der Waals surface area (Å²) in [5, 5.41) is 3.16. The zero-order chi connectivity index (χ0) is 15.2. The fourth-order valence-electron chi connectivity index (χ4n) is 1.51. The van der Waals surface area contributed by atoms with Gasteiger partial charge in [0.1, 0.15) is 12.4 Å². The van der Waals surface area contributed by atoms with Crippen molar-refractivity contribution in [3.63, 3.8) is 0 Å². The highest BCUT2D eigenvalue weighted by Crippen LogP contribution is 2.15. The Morgan fingerprint density at radius 3 is 2.67 bits per heavy atom. The molecule has 0 aliphatic carbocycles. The number of aromatic nitrogens is 5. The lowest BCUT2D eigenvalue weighted by atomic mass is 10.1. The smallest absolute Gasteiger partial charge is 0.323 e. The van der Waals surface area contributed by atoms with Crippen LogP contribution >= 0.6 is 0 Å². The number of rotatable bonds is 7. The third-order valence-electron chi connectivity index (χ3n) is 3.10. The summed E-state index contributed by atoms with van der Waals surface area (Å²) in [6.45, 7) is 9.08. The normalized spacial score (nSPS) is 12.4. The van der Waals surface area contributed by atoms with Crippen LogP contribution in [0.5, 0.6) is 6.01 Å². The van der Waals surface area contributed by atoms with Crippen LogP contribution in [0.4, 0.5) is 5.95 Å². The Balaban J connectivity index is 2.28. The Hall–Kier alpha value is -2.18. The summed E-state index contributed by atoms with van der Waals surface area (Å²) in [5.74, 6) is 1.39. The van der Waals surface area contributed by atoms with Gasteiger partial charge in [-0.05, 0) is 19.3 Å². The van der Waals surface area contributed by atoms with E-state index in [0.29, 0.717) is 23.8 Å². The first-order chi connectivity index (χ1) is 10.1. The summed E-state index contributed by atoms with van der Waals surface area (Å²) in [6.07, 6.45) is 6.13. The zero-order valence-electron chi connectivity index (χ0n) is 12.9. The van der Waals surface area contributed by atoms with Gasteiger partial charge in [0.2, 0.25) is 11.9 Å².